The average Bonchev–Trinajstić information content (AvgIpc) is 2.92. The molecule has 10 heteroatoms. The fraction of sp³-hybridized carbons (Fsp3) is 0.625. The summed E-state index contributed by atoms with van der Waals surface area (Å²) >= 11 is 0. The zero-order valence-corrected chi connectivity index (χ0v) is 15.3. The van der Waals surface area contributed by atoms with Crippen LogP contribution in [0, 0.1) is 15.9 Å². The van der Waals surface area contributed by atoms with Gasteiger partial charge in [0.15, 0.2) is 0 Å². The Morgan fingerprint density at radius 2 is 1.50 bits per heavy atom. The first-order valence-corrected chi connectivity index (χ1v) is 10.2. The first-order valence-electron chi connectivity index (χ1n) is 8.84. The zero-order valence-electron chi connectivity index (χ0n) is 14.5. The molecular weight excluding hydrogens is 363 g/mol. The lowest BCUT2D eigenvalue weighted by molar-refractivity contribution is -0.384. The largest absolute Gasteiger partial charge is 0.363 e. The highest BCUT2D eigenvalue weighted by Gasteiger charge is 2.33. The van der Waals surface area contributed by atoms with Crippen LogP contribution < -0.4 is 4.90 Å². The van der Waals surface area contributed by atoms with E-state index in [4.69, 9.17) is 0 Å². The van der Waals surface area contributed by atoms with E-state index in [-0.39, 0.29) is 18.8 Å². The van der Waals surface area contributed by atoms with E-state index in [2.05, 4.69) is 0 Å². The summed E-state index contributed by atoms with van der Waals surface area (Å²) in [5.41, 5.74) is 0.0250. The third-order valence-electron chi connectivity index (χ3n) is 4.93. The maximum absolute atomic E-state index is 13.3. The number of nitro groups is 1. The Balaban J connectivity index is 1.70. The van der Waals surface area contributed by atoms with Crippen molar-refractivity contribution in [3.63, 3.8) is 0 Å². The molecule has 0 N–H and O–H groups in total. The average molecular weight is 386 g/mol. The lowest BCUT2D eigenvalue weighted by Gasteiger charge is -2.37. The first kappa shape index (κ1) is 19.0. The number of hydrogen-bond acceptors (Lipinski definition) is 5. The van der Waals surface area contributed by atoms with E-state index in [0.717, 1.165) is 31.7 Å². The molecule has 1 aromatic rings. The van der Waals surface area contributed by atoms with Gasteiger partial charge in [0.1, 0.15) is 11.5 Å². The quantitative estimate of drug-likeness (QED) is 0.583. The second-order valence-corrected chi connectivity index (χ2v) is 8.53. The van der Waals surface area contributed by atoms with Crippen molar-refractivity contribution in [1.82, 2.24) is 8.61 Å². The Kier molecular flexibility index (Phi) is 5.73. The van der Waals surface area contributed by atoms with E-state index >= 15 is 0 Å². The van der Waals surface area contributed by atoms with Gasteiger partial charge in [-0.1, -0.05) is 12.8 Å². The van der Waals surface area contributed by atoms with Gasteiger partial charge in [0, 0.05) is 39.3 Å². The number of piperazine rings is 1. The highest BCUT2D eigenvalue weighted by Crippen LogP contribution is 2.30. The maximum Gasteiger partial charge on any atom is 0.295 e. The van der Waals surface area contributed by atoms with Gasteiger partial charge in [-0.15, -0.1) is 0 Å². The fourth-order valence-electron chi connectivity index (χ4n) is 3.51. The molecule has 0 spiro atoms. The predicted octanol–water partition coefficient (Wildman–Crippen LogP) is 1.98. The molecule has 2 fully saturated rings. The molecule has 1 aromatic carbocycles. The highest BCUT2D eigenvalue weighted by molar-refractivity contribution is 7.86. The molecule has 26 heavy (non-hydrogen) atoms. The summed E-state index contributed by atoms with van der Waals surface area (Å²) in [6, 6.07) is 3.46. The first-order chi connectivity index (χ1) is 12.4. The molecule has 0 amide bonds. The van der Waals surface area contributed by atoms with Gasteiger partial charge in [0.25, 0.3) is 15.9 Å². The minimum Gasteiger partial charge on any atom is -0.363 e. The number of halogens is 1. The Morgan fingerprint density at radius 1 is 0.923 bits per heavy atom. The second kappa shape index (κ2) is 7.85. The summed E-state index contributed by atoms with van der Waals surface area (Å²) in [6.45, 7) is 2.28. The molecule has 0 radical (unpaired) electrons. The summed E-state index contributed by atoms with van der Waals surface area (Å²) in [7, 11) is -3.50. The zero-order chi connectivity index (χ0) is 18.7. The number of benzene rings is 1. The van der Waals surface area contributed by atoms with E-state index in [9.17, 15) is 22.9 Å². The van der Waals surface area contributed by atoms with Crippen molar-refractivity contribution >= 4 is 21.6 Å². The van der Waals surface area contributed by atoms with Crippen molar-refractivity contribution < 1.29 is 17.7 Å². The molecule has 2 saturated heterocycles. The van der Waals surface area contributed by atoms with E-state index in [1.165, 1.54) is 16.4 Å². The van der Waals surface area contributed by atoms with E-state index in [0.29, 0.717) is 31.9 Å². The van der Waals surface area contributed by atoms with Crippen molar-refractivity contribution in [3.05, 3.63) is 34.1 Å². The Labute approximate surface area is 152 Å². The monoisotopic (exact) mass is 386 g/mol. The van der Waals surface area contributed by atoms with Crippen molar-refractivity contribution in [3.8, 4) is 0 Å². The van der Waals surface area contributed by atoms with Crippen LogP contribution in [0.3, 0.4) is 0 Å². The van der Waals surface area contributed by atoms with Gasteiger partial charge in [0.2, 0.25) is 0 Å². The lowest BCUT2D eigenvalue weighted by atomic mass is 10.2. The predicted molar refractivity (Wildman–Crippen MR) is 95.8 cm³/mol. The molecule has 2 heterocycles. The van der Waals surface area contributed by atoms with Gasteiger partial charge in [-0.3, -0.25) is 10.1 Å². The molecule has 0 saturated carbocycles. The van der Waals surface area contributed by atoms with E-state index in [1.807, 2.05) is 0 Å². The fourth-order valence-corrected chi connectivity index (χ4v) is 5.18. The van der Waals surface area contributed by atoms with Gasteiger partial charge in [-0.25, -0.2) is 4.39 Å². The van der Waals surface area contributed by atoms with Crippen molar-refractivity contribution in [2.24, 2.45) is 0 Å². The van der Waals surface area contributed by atoms with Crippen molar-refractivity contribution in [2.75, 3.05) is 44.2 Å². The Hall–Kier alpha value is -1.78. The topological polar surface area (TPSA) is 87.0 Å². The van der Waals surface area contributed by atoms with Crippen LogP contribution >= 0.6 is 0 Å². The number of rotatable bonds is 4. The van der Waals surface area contributed by atoms with Crippen LogP contribution in [-0.4, -0.2) is 61.2 Å². The van der Waals surface area contributed by atoms with Gasteiger partial charge in [-0.2, -0.15) is 17.0 Å². The van der Waals surface area contributed by atoms with Gasteiger partial charge >= 0.3 is 0 Å². The molecule has 0 atom stereocenters. The Bertz CT molecular complexity index is 758. The minimum absolute atomic E-state index is 0.257. The number of anilines is 1. The molecule has 0 unspecified atom stereocenters. The normalized spacial score (nSPS) is 20.7. The molecule has 2 aliphatic rings. The smallest absolute Gasteiger partial charge is 0.295 e. The lowest BCUT2D eigenvalue weighted by Crippen LogP contribution is -2.53. The third-order valence-corrected chi connectivity index (χ3v) is 6.97. The summed E-state index contributed by atoms with van der Waals surface area (Å²) in [4.78, 5) is 12.3. The van der Waals surface area contributed by atoms with Gasteiger partial charge in [-0.05, 0) is 25.0 Å². The van der Waals surface area contributed by atoms with Crippen molar-refractivity contribution in [2.45, 2.75) is 25.7 Å². The molecule has 2 aliphatic heterocycles. The highest BCUT2D eigenvalue weighted by atomic mass is 32.2. The number of hydrogen-bond donors (Lipinski definition) is 0. The maximum atomic E-state index is 13.3. The molecule has 8 nitrogen and oxygen atoms in total. The van der Waals surface area contributed by atoms with Gasteiger partial charge < -0.3 is 4.90 Å². The summed E-state index contributed by atoms with van der Waals surface area (Å²) in [6.07, 6.45) is 3.85. The van der Waals surface area contributed by atoms with Crippen LogP contribution in [0.15, 0.2) is 18.2 Å². The van der Waals surface area contributed by atoms with E-state index < -0.39 is 20.9 Å². The molecule has 0 aliphatic carbocycles. The van der Waals surface area contributed by atoms with E-state index in [1.54, 1.807) is 9.21 Å². The van der Waals surface area contributed by atoms with Crippen LogP contribution in [0.5, 0.6) is 0 Å². The standard InChI is InChI=1S/C16H23FN4O4S/c17-14-5-6-15(16(13-14)21(22)23)18-9-11-20(12-10-18)26(24,25)19-7-3-1-2-4-8-19/h5-6,13H,1-4,7-12H2. The van der Waals surface area contributed by atoms with Crippen LogP contribution in [0.2, 0.25) is 0 Å². The van der Waals surface area contributed by atoms with Crippen LogP contribution in [0.4, 0.5) is 15.8 Å². The molecule has 0 aromatic heterocycles. The molecular formula is C16H23FN4O4S. The van der Waals surface area contributed by atoms with Crippen molar-refractivity contribution in [1.29, 1.82) is 0 Å². The summed E-state index contributed by atoms with van der Waals surface area (Å²) in [5, 5.41) is 11.2. The molecule has 144 valence electrons. The van der Waals surface area contributed by atoms with Crippen LogP contribution in [-0.2, 0) is 10.2 Å². The second-order valence-electron chi connectivity index (χ2n) is 6.60. The summed E-state index contributed by atoms with van der Waals surface area (Å²) in [5.74, 6) is -0.664. The third kappa shape index (κ3) is 3.97. The minimum atomic E-state index is -3.50. The van der Waals surface area contributed by atoms with Gasteiger partial charge in [0.05, 0.1) is 11.0 Å². The summed E-state index contributed by atoms with van der Waals surface area (Å²) < 4.78 is 42.0. The number of nitrogens with zero attached hydrogens (tertiary/aromatic N) is 4. The molecule has 3 rings (SSSR count). The number of nitro benzene ring substituents is 1. The van der Waals surface area contributed by atoms with Crippen LogP contribution in [0.1, 0.15) is 25.7 Å². The Morgan fingerprint density at radius 3 is 2.08 bits per heavy atom. The van der Waals surface area contributed by atoms with Crippen LogP contribution in [0.25, 0.3) is 0 Å². The SMILES string of the molecule is O=[N+]([O-])c1cc(F)ccc1N1CCN(S(=O)(=O)N2CCCCCC2)CC1. The molecule has 0 bridgehead atoms.